The Balaban J connectivity index is 2.48. The molecule has 10 atom stereocenters. The molecule has 2 aliphatic rings. The summed E-state index contributed by atoms with van der Waals surface area (Å²) in [6.45, 7) is 3.70. The molecule has 2 heterocycles. The molecular weight excluding hydrogens is 520 g/mol. The van der Waals surface area contributed by atoms with Gasteiger partial charge in [-0.25, -0.2) is 4.79 Å². The summed E-state index contributed by atoms with van der Waals surface area (Å²) in [5.74, 6) is -4.31. The summed E-state index contributed by atoms with van der Waals surface area (Å²) in [5, 5.41) is 21.7. The second kappa shape index (κ2) is 13.8. The van der Waals surface area contributed by atoms with Crippen LogP contribution in [0, 0.1) is 0 Å². The highest BCUT2D eigenvalue weighted by molar-refractivity contribution is 5.76. The predicted molar refractivity (Wildman–Crippen MR) is 117 cm³/mol. The fraction of sp³-hybridized carbons (Fsp3) is 0.773. The Morgan fingerprint density at radius 3 is 1.66 bits per heavy atom. The maximum Gasteiger partial charge on any atom is 0.338 e. The molecular formula is C22H32O16. The van der Waals surface area contributed by atoms with Crippen LogP contribution >= 0.6 is 0 Å². The van der Waals surface area contributed by atoms with Crippen molar-refractivity contribution in [3.05, 3.63) is 0 Å². The minimum Gasteiger partial charge on any atom is -0.467 e. The highest BCUT2D eigenvalue weighted by Gasteiger charge is 2.56. The van der Waals surface area contributed by atoms with E-state index < -0.39 is 97.9 Å². The number of hydrogen-bond acceptors (Lipinski definition) is 16. The summed E-state index contributed by atoms with van der Waals surface area (Å²) in [7, 11) is 2.21. The number of methoxy groups -OCH3 is 2. The molecule has 0 amide bonds. The predicted octanol–water partition coefficient (Wildman–Crippen LogP) is -2.28. The minimum absolute atomic E-state index is 0.527. The van der Waals surface area contributed by atoms with E-state index in [0.29, 0.717) is 0 Å². The van der Waals surface area contributed by atoms with Gasteiger partial charge in [0.15, 0.2) is 37.0 Å². The molecule has 0 radical (unpaired) electrons. The first-order chi connectivity index (χ1) is 17.8. The zero-order valence-electron chi connectivity index (χ0n) is 21.6. The van der Waals surface area contributed by atoms with Gasteiger partial charge in [-0.2, -0.15) is 0 Å². The van der Waals surface area contributed by atoms with Crippen LogP contribution < -0.4 is 0 Å². The summed E-state index contributed by atoms with van der Waals surface area (Å²) in [4.78, 5) is 59.3. The van der Waals surface area contributed by atoms with Crippen LogP contribution in [-0.2, 0) is 66.6 Å². The first-order valence-electron chi connectivity index (χ1n) is 11.4. The highest BCUT2D eigenvalue weighted by atomic mass is 16.8. The van der Waals surface area contributed by atoms with E-state index in [1.165, 1.54) is 7.11 Å². The quantitative estimate of drug-likeness (QED) is 0.228. The zero-order valence-corrected chi connectivity index (χ0v) is 21.6. The van der Waals surface area contributed by atoms with Gasteiger partial charge in [0, 0.05) is 34.8 Å². The molecule has 0 aromatic rings. The number of rotatable bonds is 9. The topological polar surface area (TPSA) is 209 Å². The number of hydrogen-bond donors (Lipinski definition) is 2. The second-order valence-electron chi connectivity index (χ2n) is 8.33. The van der Waals surface area contributed by atoms with E-state index >= 15 is 0 Å². The van der Waals surface area contributed by atoms with Crippen LogP contribution in [0.2, 0.25) is 0 Å². The van der Waals surface area contributed by atoms with Crippen molar-refractivity contribution in [2.75, 3.05) is 20.8 Å². The Labute approximate surface area is 217 Å². The Morgan fingerprint density at radius 2 is 1.18 bits per heavy atom. The molecule has 16 heteroatoms. The number of ether oxygens (including phenoxy) is 9. The molecule has 2 aliphatic heterocycles. The van der Waals surface area contributed by atoms with Crippen molar-refractivity contribution in [3.8, 4) is 0 Å². The van der Waals surface area contributed by atoms with Crippen LogP contribution in [-0.4, -0.2) is 122 Å². The fourth-order valence-electron chi connectivity index (χ4n) is 3.96. The first kappa shape index (κ1) is 31.3. The van der Waals surface area contributed by atoms with E-state index in [4.69, 9.17) is 42.6 Å². The van der Waals surface area contributed by atoms with Crippen molar-refractivity contribution >= 4 is 29.8 Å². The zero-order chi connectivity index (χ0) is 28.7. The van der Waals surface area contributed by atoms with Crippen molar-refractivity contribution in [1.29, 1.82) is 0 Å². The van der Waals surface area contributed by atoms with E-state index in [1.807, 2.05) is 0 Å². The standard InChI is InChI=1S/C22H32O16/c1-8(23)32-7-12-15(33-9(2)24)16(34-10(3)25)14(28)22(36-12)37-18-17(35-11(4)26)13(27)21(31-6)38-19(18)20(29)30-5/h12-19,21-22,27-28H,7H2,1-6H3/t12-,13-,14-,15-,16-,17-,18+,19-,21-,22-/m1/s1. The van der Waals surface area contributed by atoms with Crippen LogP contribution in [0.1, 0.15) is 27.7 Å². The average Bonchev–Trinajstić information content (AvgIpc) is 2.83. The summed E-state index contributed by atoms with van der Waals surface area (Å²) in [6, 6.07) is 0. The van der Waals surface area contributed by atoms with Gasteiger partial charge in [0.1, 0.15) is 31.0 Å². The molecule has 216 valence electrons. The first-order valence-corrected chi connectivity index (χ1v) is 11.4. The van der Waals surface area contributed by atoms with Crippen LogP contribution in [0.15, 0.2) is 0 Å². The van der Waals surface area contributed by atoms with Crippen molar-refractivity contribution in [3.63, 3.8) is 0 Å². The molecule has 2 saturated heterocycles. The smallest absolute Gasteiger partial charge is 0.338 e. The number of aliphatic hydroxyl groups is 2. The Bertz CT molecular complexity index is 875. The van der Waals surface area contributed by atoms with Gasteiger partial charge in [-0.3, -0.25) is 19.2 Å². The van der Waals surface area contributed by atoms with E-state index in [0.717, 1.165) is 34.8 Å². The Hall–Kier alpha value is -2.89. The molecule has 0 saturated carbocycles. The molecule has 0 aromatic heterocycles. The summed E-state index contributed by atoms with van der Waals surface area (Å²) >= 11 is 0. The summed E-state index contributed by atoms with van der Waals surface area (Å²) < 4.78 is 47.2. The Kier molecular flexibility index (Phi) is 11.4. The largest absolute Gasteiger partial charge is 0.467 e. The number of carbonyl (C=O) groups is 5. The van der Waals surface area contributed by atoms with Gasteiger partial charge in [0.2, 0.25) is 0 Å². The van der Waals surface area contributed by atoms with E-state index in [9.17, 15) is 34.2 Å². The van der Waals surface area contributed by atoms with Crippen LogP contribution in [0.25, 0.3) is 0 Å². The number of esters is 5. The van der Waals surface area contributed by atoms with Gasteiger partial charge >= 0.3 is 29.8 Å². The summed E-state index contributed by atoms with van der Waals surface area (Å²) in [5.41, 5.74) is 0. The number of aliphatic hydroxyl groups excluding tert-OH is 2. The third-order valence-corrected chi connectivity index (χ3v) is 5.45. The molecule has 0 spiro atoms. The van der Waals surface area contributed by atoms with E-state index in [2.05, 4.69) is 0 Å². The van der Waals surface area contributed by atoms with Crippen molar-refractivity contribution in [2.45, 2.75) is 89.1 Å². The molecule has 0 aromatic carbocycles. The van der Waals surface area contributed by atoms with Crippen molar-refractivity contribution < 1.29 is 76.8 Å². The van der Waals surface area contributed by atoms with E-state index in [1.54, 1.807) is 0 Å². The minimum atomic E-state index is -1.87. The van der Waals surface area contributed by atoms with Crippen LogP contribution in [0.5, 0.6) is 0 Å². The SMILES string of the molecule is COC(=O)[C@@H]1O[C@@H](OC)[C@H](O)[C@@H](OC(C)=O)[C@@H]1O[C@H]1O[C@H](COC(C)=O)[C@@H](OC(C)=O)[C@H](OC(C)=O)[C@H]1O. The average molecular weight is 552 g/mol. The second-order valence-corrected chi connectivity index (χ2v) is 8.33. The monoisotopic (exact) mass is 552 g/mol. The van der Waals surface area contributed by atoms with Gasteiger partial charge in [-0.1, -0.05) is 0 Å². The summed E-state index contributed by atoms with van der Waals surface area (Å²) in [6.07, 6.45) is -16.1. The fourth-order valence-corrected chi connectivity index (χ4v) is 3.96. The third-order valence-electron chi connectivity index (χ3n) is 5.45. The molecule has 2 rings (SSSR count). The molecule has 0 aliphatic carbocycles. The van der Waals surface area contributed by atoms with Crippen LogP contribution in [0.4, 0.5) is 0 Å². The van der Waals surface area contributed by atoms with Crippen LogP contribution in [0.3, 0.4) is 0 Å². The molecule has 0 unspecified atom stereocenters. The highest BCUT2D eigenvalue weighted by Crippen LogP contribution is 2.33. The normalized spacial score (nSPS) is 34.9. The van der Waals surface area contributed by atoms with Crippen molar-refractivity contribution in [1.82, 2.24) is 0 Å². The maximum absolute atomic E-state index is 12.5. The lowest BCUT2D eigenvalue weighted by atomic mass is 9.96. The lowest BCUT2D eigenvalue weighted by Crippen LogP contribution is -2.66. The molecule has 2 N–H and O–H groups in total. The number of carbonyl (C=O) groups excluding carboxylic acids is 5. The molecule has 0 bridgehead atoms. The lowest BCUT2D eigenvalue weighted by Gasteiger charge is -2.47. The van der Waals surface area contributed by atoms with Gasteiger partial charge < -0.3 is 52.8 Å². The van der Waals surface area contributed by atoms with Gasteiger partial charge in [-0.15, -0.1) is 0 Å². The van der Waals surface area contributed by atoms with Gasteiger partial charge in [0.25, 0.3) is 0 Å². The lowest BCUT2D eigenvalue weighted by molar-refractivity contribution is -0.353. The maximum atomic E-state index is 12.5. The van der Waals surface area contributed by atoms with Gasteiger partial charge in [0.05, 0.1) is 7.11 Å². The van der Waals surface area contributed by atoms with Crippen molar-refractivity contribution in [2.24, 2.45) is 0 Å². The Morgan fingerprint density at radius 1 is 0.684 bits per heavy atom. The van der Waals surface area contributed by atoms with Gasteiger partial charge in [-0.05, 0) is 0 Å². The third kappa shape index (κ3) is 7.81. The molecule has 2 fully saturated rings. The molecule has 38 heavy (non-hydrogen) atoms. The van der Waals surface area contributed by atoms with E-state index in [-0.39, 0.29) is 0 Å². The molecule has 16 nitrogen and oxygen atoms in total.